The smallest absolute Gasteiger partial charge is 0.429 e. The molecule has 0 radical (unpaired) electrons. The van der Waals surface area contributed by atoms with E-state index in [0.717, 1.165) is 61.1 Å². The van der Waals surface area contributed by atoms with Crippen LogP contribution in [0.5, 0.6) is 5.75 Å². The van der Waals surface area contributed by atoms with E-state index in [1.165, 1.54) is 76.5 Å². The predicted octanol–water partition coefficient (Wildman–Crippen LogP) is 12.0. The Morgan fingerprint density at radius 1 is 0.705 bits per heavy atom. The molecule has 2 aliphatic rings. The van der Waals surface area contributed by atoms with Crippen LogP contribution in [0, 0.1) is 47.9 Å². The second kappa shape index (κ2) is 14.0. The molecule has 2 aliphatic carbocycles. The predicted molar refractivity (Wildman–Crippen MR) is 162 cm³/mol. The van der Waals surface area contributed by atoms with Gasteiger partial charge in [0, 0.05) is 11.6 Å². The first-order chi connectivity index (χ1) is 21.1. The highest BCUT2D eigenvalue weighted by molar-refractivity contribution is 5.65. The monoisotopic (exact) mass is 616 g/mol. The summed E-state index contributed by atoms with van der Waals surface area (Å²) in [6.07, 6.45) is 10.5. The van der Waals surface area contributed by atoms with Gasteiger partial charge in [0.15, 0.2) is 0 Å². The van der Waals surface area contributed by atoms with Crippen molar-refractivity contribution in [2.45, 2.75) is 103 Å². The molecule has 0 aliphatic heterocycles. The van der Waals surface area contributed by atoms with Crippen LogP contribution >= 0.6 is 0 Å². The number of benzene rings is 3. The molecule has 44 heavy (non-hydrogen) atoms. The van der Waals surface area contributed by atoms with Crippen molar-refractivity contribution < 1.29 is 31.1 Å². The average molecular weight is 617 g/mol. The fraction of sp³-hybridized carbons (Fsp3) is 0.514. The maximum absolute atomic E-state index is 15.3. The highest BCUT2D eigenvalue weighted by Crippen LogP contribution is 2.45. The molecule has 0 spiro atoms. The molecule has 3 aromatic carbocycles. The van der Waals surface area contributed by atoms with Crippen LogP contribution in [0.3, 0.4) is 0 Å². The summed E-state index contributed by atoms with van der Waals surface area (Å²) in [7, 11) is 0. The lowest BCUT2D eigenvalue weighted by Gasteiger charge is -2.38. The van der Waals surface area contributed by atoms with E-state index in [9.17, 15) is 22.0 Å². The second-order valence-electron chi connectivity index (χ2n) is 13.0. The first kappa shape index (κ1) is 32.4. The summed E-state index contributed by atoms with van der Waals surface area (Å²) in [6.45, 7) is 3.69. The number of rotatable bonds is 10. The fourth-order valence-electron chi connectivity index (χ4n) is 7.42. The number of aryl methyl sites for hydroxylation is 1. The third-order valence-electron chi connectivity index (χ3n) is 10.0. The van der Waals surface area contributed by atoms with Crippen molar-refractivity contribution in [3.05, 3.63) is 88.5 Å². The molecule has 0 aromatic heterocycles. The molecule has 3 aromatic rings. The van der Waals surface area contributed by atoms with Gasteiger partial charge >= 0.3 is 6.11 Å². The summed E-state index contributed by atoms with van der Waals surface area (Å²) < 4.78 is 93.0. The lowest BCUT2D eigenvalue weighted by atomic mass is 9.68. The third-order valence-corrected chi connectivity index (χ3v) is 10.0. The summed E-state index contributed by atoms with van der Waals surface area (Å²) in [5.74, 6) is -2.58. The number of hydrogen-bond donors (Lipinski definition) is 0. The zero-order valence-corrected chi connectivity index (χ0v) is 25.6. The second-order valence-corrected chi connectivity index (χ2v) is 13.0. The maximum atomic E-state index is 15.3. The first-order valence-electron chi connectivity index (χ1n) is 16.2. The highest BCUT2D eigenvalue weighted by Gasteiger charge is 2.41. The number of halogens is 6. The van der Waals surface area contributed by atoms with Gasteiger partial charge in [-0.05, 0) is 110 Å². The Balaban J connectivity index is 1.21. The summed E-state index contributed by atoms with van der Waals surface area (Å²) in [5.41, 5.74) is -0.840. The van der Waals surface area contributed by atoms with Crippen molar-refractivity contribution in [3.8, 4) is 16.9 Å². The van der Waals surface area contributed by atoms with E-state index in [4.69, 9.17) is 0 Å². The molecule has 0 heterocycles. The zero-order valence-electron chi connectivity index (χ0n) is 25.6. The Kier molecular flexibility index (Phi) is 10.3. The number of unbranched alkanes of at least 4 members (excludes halogenated alkanes) is 2. The molecule has 0 bridgehead atoms. The van der Waals surface area contributed by atoms with Gasteiger partial charge in [-0.15, -0.1) is 0 Å². The van der Waals surface area contributed by atoms with E-state index in [2.05, 4.69) is 11.7 Å². The third kappa shape index (κ3) is 7.46. The Labute approximate surface area is 257 Å². The molecule has 2 fully saturated rings. The maximum Gasteiger partial charge on any atom is 0.432 e. The van der Waals surface area contributed by atoms with Crippen molar-refractivity contribution in [1.29, 1.82) is 0 Å². The van der Waals surface area contributed by atoms with Gasteiger partial charge < -0.3 is 4.74 Å². The van der Waals surface area contributed by atoms with E-state index < -0.39 is 40.7 Å². The van der Waals surface area contributed by atoms with Crippen molar-refractivity contribution >= 4 is 0 Å². The molecular formula is C37H42F6O. The van der Waals surface area contributed by atoms with Gasteiger partial charge in [-0.3, -0.25) is 0 Å². The van der Waals surface area contributed by atoms with Crippen LogP contribution in [-0.4, -0.2) is 0 Å². The largest absolute Gasteiger partial charge is 0.432 e. The van der Waals surface area contributed by atoms with E-state index in [1.807, 2.05) is 0 Å². The van der Waals surface area contributed by atoms with Crippen molar-refractivity contribution in [2.24, 2.45) is 17.8 Å². The molecule has 0 saturated heterocycles. The van der Waals surface area contributed by atoms with Crippen molar-refractivity contribution in [1.82, 2.24) is 0 Å². The van der Waals surface area contributed by atoms with Gasteiger partial charge in [-0.1, -0.05) is 63.6 Å². The molecule has 2 saturated carbocycles. The SMILES string of the molecule is CCCCCC1CCC(C2CCC(c3ccc(-c4cc(F)c(C(F)(F)Oc5ccc(C)c(F)c5)c(F)c4)c(F)c3)CC2)CC1. The zero-order chi connectivity index (χ0) is 31.4. The molecular weight excluding hydrogens is 574 g/mol. The minimum atomic E-state index is -4.43. The lowest BCUT2D eigenvalue weighted by molar-refractivity contribution is -0.189. The molecule has 238 valence electrons. The Morgan fingerprint density at radius 3 is 1.93 bits per heavy atom. The molecule has 0 unspecified atom stereocenters. The Hall–Kier alpha value is -2.96. The van der Waals surface area contributed by atoms with Crippen LogP contribution in [0.2, 0.25) is 0 Å². The molecule has 7 heteroatoms. The van der Waals surface area contributed by atoms with Crippen LogP contribution < -0.4 is 4.74 Å². The van der Waals surface area contributed by atoms with Gasteiger partial charge in [0.05, 0.1) is 0 Å². The Morgan fingerprint density at radius 2 is 1.34 bits per heavy atom. The van der Waals surface area contributed by atoms with Gasteiger partial charge in [0.25, 0.3) is 0 Å². The molecule has 1 nitrogen and oxygen atoms in total. The van der Waals surface area contributed by atoms with E-state index in [0.29, 0.717) is 12.1 Å². The summed E-state index contributed by atoms with van der Waals surface area (Å²) >= 11 is 0. The van der Waals surface area contributed by atoms with Crippen LogP contribution in [0.25, 0.3) is 11.1 Å². The van der Waals surface area contributed by atoms with Crippen molar-refractivity contribution in [3.63, 3.8) is 0 Å². The van der Waals surface area contributed by atoms with Crippen LogP contribution in [0.15, 0.2) is 48.5 Å². The quantitative estimate of drug-likeness (QED) is 0.163. The molecule has 0 atom stereocenters. The fourth-order valence-corrected chi connectivity index (χ4v) is 7.42. The van der Waals surface area contributed by atoms with Crippen LogP contribution in [0.4, 0.5) is 26.3 Å². The standard InChI is InChI=1S/C37H42F6O/c1-3-4-5-6-24-8-10-25(11-9-24)26-12-14-27(15-13-26)28-16-18-31(33(39)19-28)29-20-34(40)36(35(41)21-29)37(42,43)44-30-17-7-23(2)32(38)22-30/h7,16-22,24-27H,3-6,8-15H2,1-2H3. The first-order valence-corrected chi connectivity index (χ1v) is 16.2. The highest BCUT2D eigenvalue weighted by atomic mass is 19.3. The summed E-state index contributed by atoms with van der Waals surface area (Å²) in [6, 6.07) is 9.02. The van der Waals surface area contributed by atoms with Gasteiger partial charge in [0.2, 0.25) is 0 Å². The van der Waals surface area contributed by atoms with Crippen molar-refractivity contribution in [2.75, 3.05) is 0 Å². The van der Waals surface area contributed by atoms with E-state index in [1.54, 1.807) is 6.07 Å². The summed E-state index contributed by atoms with van der Waals surface area (Å²) in [4.78, 5) is 0. The van der Waals surface area contributed by atoms with E-state index in [-0.39, 0.29) is 22.6 Å². The average Bonchev–Trinajstić information content (AvgIpc) is 2.99. The number of ether oxygens (including phenoxy) is 1. The van der Waals surface area contributed by atoms with Gasteiger partial charge in [0.1, 0.15) is 34.6 Å². The number of alkyl halides is 2. The molecule has 0 N–H and O–H groups in total. The van der Waals surface area contributed by atoms with E-state index >= 15 is 4.39 Å². The van der Waals surface area contributed by atoms with Crippen LogP contribution in [0.1, 0.15) is 107 Å². The minimum absolute atomic E-state index is 0.0766. The number of hydrogen-bond acceptors (Lipinski definition) is 1. The lowest BCUT2D eigenvalue weighted by Crippen LogP contribution is -2.25. The summed E-state index contributed by atoms with van der Waals surface area (Å²) in [5, 5.41) is 0. The minimum Gasteiger partial charge on any atom is -0.429 e. The molecule has 5 rings (SSSR count). The van der Waals surface area contributed by atoms with Gasteiger partial charge in [-0.25, -0.2) is 17.6 Å². The topological polar surface area (TPSA) is 9.23 Å². The normalized spacial score (nSPS) is 22.6. The van der Waals surface area contributed by atoms with Gasteiger partial charge in [-0.2, -0.15) is 8.78 Å². The molecule has 0 amide bonds. The Bertz CT molecular complexity index is 1400. The van der Waals surface area contributed by atoms with Crippen LogP contribution in [-0.2, 0) is 6.11 Å².